The number of ether oxygens (including phenoxy) is 2. The fourth-order valence-corrected chi connectivity index (χ4v) is 2.70. The Morgan fingerprint density at radius 2 is 1.83 bits per heavy atom. The molecule has 30 heavy (non-hydrogen) atoms. The number of aryl methyl sites for hydroxylation is 1. The summed E-state index contributed by atoms with van der Waals surface area (Å²) in [5.74, 6) is -0.511. The first-order valence-electron chi connectivity index (χ1n) is 9.47. The van der Waals surface area contributed by atoms with Crippen molar-refractivity contribution < 1.29 is 27.4 Å². The second kappa shape index (κ2) is 9.02. The first kappa shape index (κ1) is 21.4. The van der Waals surface area contributed by atoms with E-state index in [1.807, 2.05) is 6.92 Å². The Morgan fingerprint density at radius 3 is 2.47 bits per heavy atom. The molecule has 0 saturated carbocycles. The van der Waals surface area contributed by atoms with E-state index in [1.165, 1.54) is 12.1 Å². The maximum Gasteiger partial charge on any atom is 0.435 e. The summed E-state index contributed by atoms with van der Waals surface area (Å²) in [4.78, 5) is 12.5. The van der Waals surface area contributed by atoms with Crippen LogP contribution in [0.25, 0.3) is 5.69 Å². The maximum absolute atomic E-state index is 13.2. The summed E-state index contributed by atoms with van der Waals surface area (Å²) in [5, 5.41) is 3.59. The van der Waals surface area contributed by atoms with Crippen LogP contribution >= 0.6 is 0 Å². The molecule has 8 heteroatoms. The van der Waals surface area contributed by atoms with Crippen molar-refractivity contribution in [3.63, 3.8) is 0 Å². The van der Waals surface area contributed by atoms with Crippen molar-refractivity contribution in [2.75, 3.05) is 6.61 Å². The van der Waals surface area contributed by atoms with Crippen LogP contribution in [0.1, 0.15) is 41.4 Å². The highest BCUT2D eigenvalue weighted by molar-refractivity contribution is 5.91. The minimum atomic E-state index is -4.67. The SMILES string of the molecule is CCCCOc1ccc(C(=O)Oc2cc(C(F)(F)F)nn2-c2cccc(C)c2)cc1. The third-order valence-corrected chi connectivity index (χ3v) is 4.27. The Hall–Kier alpha value is -3.29. The van der Waals surface area contributed by atoms with Gasteiger partial charge in [-0.15, -0.1) is 0 Å². The van der Waals surface area contributed by atoms with Crippen molar-refractivity contribution in [1.29, 1.82) is 0 Å². The van der Waals surface area contributed by atoms with Crippen molar-refractivity contribution in [2.24, 2.45) is 0 Å². The van der Waals surface area contributed by atoms with E-state index in [9.17, 15) is 18.0 Å². The molecule has 158 valence electrons. The number of esters is 1. The summed E-state index contributed by atoms with van der Waals surface area (Å²) in [5.41, 5.74) is 0.218. The van der Waals surface area contributed by atoms with Crippen LogP contribution in [0.15, 0.2) is 54.6 Å². The summed E-state index contributed by atoms with van der Waals surface area (Å²) in [6.07, 6.45) is -2.76. The molecule has 3 aromatic rings. The van der Waals surface area contributed by atoms with Crippen LogP contribution in [0, 0.1) is 6.92 Å². The van der Waals surface area contributed by atoms with E-state index < -0.39 is 17.8 Å². The van der Waals surface area contributed by atoms with Crippen LogP contribution in [0.3, 0.4) is 0 Å². The lowest BCUT2D eigenvalue weighted by Crippen LogP contribution is -2.12. The molecule has 0 bridgehead atoms. The highest BCUT2D eigenvalue weighted by Gasteiger charge is 2.36. The van der Waals surface area contributed by atoms with E-state index in [1.54, 1.807) is 43.3 Å². The molecule has 0 spiro atoms. The molecule has 0 unspecified atom stereocenters. The standard InChI is InChI=1S/C22H21F3N2O3/c1-3-4-12-29-18-10-8-16(9-11-18)21(28)30-20-14-19(22(23,24)25)26-27(20)17-7-5-6-15(2)13-17/h5-11,13-14H,3-4,12H2,1-2H3. The fraction of sp³-hybridized carbons (Fsp3) is 0.273. The van der Waals surface area contributed by atoms with Crippen LogP contribution in [0.2, 0.25) is 0 Å². The van der Waals surface area contributed by atoms with Gasteiger partial charge >= 0.3 is 12.1 Å². The van der Waals surface area contributed by atoms with Crippen LogP contribution in [-0.2, 0) is 6.18 Å². The minimum Gasteiger partial charge on any atom is -0.494 e. The number of carbonyl (C=O) groups excluding carboxylic acids is 1. The zero-order chi connectivity index (χ0) is 21.7. The van der Waals surface area contributed by atoms with Gasteiger partial charge in [0.15, 0.2) is 5.69 Å². The second-order valence-electron chi connectivity index (χ2n) is 6.73. The largest absolute Gasteiger partial charge is 0.494 e. The number of carbonyl (C=O) groups is 1. The van der Waals surface area contributed by atoms with Gasteiger partial charge in [0.25, 0.3) is 0 Å². The number of aromatic nitrogens is 2. The van der Waals surface area contributed by atoms with E-state index in [-0.39, 0.29) is 11.4 Å². The fourth-order valence-electron chi connectivity index (χ4n) is 2.70. The number of unbranched alkanes of at least 4 members (excludes halogenated alkanes) is 1. The topological polar surface area (TPSA) is 53.4 Å². The lowest BCUT2D eigenvalue weighted by atomic mass is 10.2. The average molecular weight is 418 g/mol. The van der Waals surface area contributed by atoms with E-state index in [4.69, 9.17) is 9.47 Å². The second-order valence-corrected chi connectivity index (χ2v) is 6.73. The number of halogens is 3. The normalized spacial score (nSPS) is 11.4. The number of benzene rings is 2. The molecule has 5 nitrogen and oxygen atoms in total. The molecule has 0 saturated heterocycles. The van der Waals surface area contributed by atoms with Crippen LogP contribution < -0.4 is 9.47 Å². The molecule has 0 aliphatic carbocycles. The van der Waals surface area contributed by atoms with Gasteiger partial charge in [-0.05, 0) is 55.3 Å². The minimum absolute atomic E-state index is 0.184. The van der Waals surface area contributed by atoms with E-state index in [0.29, 0.717) is 24.1 Å². The molecule has 0 aliphatic heterocycles. The number of alkyl halides is 3. The lowest BCUT2D eigenvalue weighted by molar-refractivity contribution is -0.141. The van der Waals surface area contributed by atoms with Crippen molar-refractivity contribution in [3.05, 3.63) is 71.4 Å². The van der Waals surface area contributed by atoms with Gasteiger partial charge in [0, 0.05) is 6.07 Å². The molecule has 3 rings (SSSR count). The number of hydrogen-bond donors (Lipinski definition) is 0. The van der Waals surface area contributed by atoms with Crippen molar-refractivity contribution in [3.8, 4) is 17.3 Å². The summed E-state index contributed by atoms with van der Waals surface area (Å²) >= 11 is 0. The van der Waals surface area contributed by atoms with Gasteiger partial charge in [-0.25, -0.2) is 9.48 Å². The first-order valence-corrected chi connectivity index (χ1v) is 9.47. The molecule has 2 aromatic carbocycles. The number of hydrogen-bond acceptors (Lipinski definition) is 4. The maximum atomic E-state index is 13.2. The summed E-state index contributed by atoms with van der Waals surface area (Å²) in [7, 11) is 0. The molecular formula is C22H21F3N2O3. The number of nitrogens with zero attached hydrogens (tertiary/aromatic N) is 2. The quantitative estimate of drug-likeness (QED) is 0.370. The Bertz CT molecular complexity index is 1010. The molecule has 0 atom stereocenters. The monoisotopic (exact) mass is 418 g/mol. The van der Waals surface area contributed by atoms with E-state index in [2.05, 4.69) is 5.10 Å². The van der Waals surface area contributed by atoms with E-state index >= 15 is 0 Å². The van der Waals surface area contributed by atoms with Crippen LogP contribution in [0.4, 0.5) is 13.2 Å². The Kier molecular flexibility index (Phi) is 6.44. The van der Waals surface area contributed by atoms with Crippen LogP contribution in [0.5, 0.6) is 11.6 Å². The molecule has 0 fully saturated rings. The highest BCUT2D eigenvalue weighted by Crippen LogP contribution is 2.32. The molecule has 0 radical (unpaired) electrons. The Labute approximate surface area is 172 Å². The first-order chi connectivity index (χ1) is 14.3. The Balaban J connectivity index is 1.84. The molecule has 1 aromatic heterocycles. The Morgan fingerprint density at radius 1 is 1.10 bits per heavy atom. The van der Waals surface area contributed by atoms with Crippen LogP contribution in [-0.4, -0.2) is 22.4 Å². The predicted molar refractivity (Wildman–Crippen MR) is 105 cm³/mol. The van der Waals surface area contributed by atoms with Gasteiger partial charge in [0.05, 0.1) is 17.9 Å². The van der Waals surface area contributed by atoms with E-state index in [0.717, 1.165) is 23.1 Å². The molecular weight excluding hydrogens is 397 g/mol. The molecule has 1 heterocycles. The highest BCUT2D eigenvalue weighted by atomic mass is 19.4. The van der Waals surface area contributed by atoms with Gasteiger partial charge in [0.1, 0.15) is 5.75 Å². The third-order valence-electron chi connectivity index (χ3n) is 4.27. The summed E-state index contributed by atoms with van der Waals surface area (Å²) < 4.78 is 51.3. The van der Waals surface area contributed by atoms with Crippen molar-refractivity contribution in [2.45, 2.75) is 32.9 Å². The molecule has 0 amide bonds. The predicted octanol–water partition coefficient (Wildman–Crippen LogP) is 5.60. The lowest BCUT2D eigenvalue weighted by Gasteiger charge is -2.09. The van der Waals surface area contributed by atoms with Crippen molar-refractivity contribution >= 4 is 5.97 Å². The van der Waals surface area contributed by atoms with Gasteiger partial charge in [-0.2, -0.15) is 18.3 Å². The third kappa shape index (κ3) is 5.20. The molecule has 0 aliphatic rings. The number of rotatable bonds is 7. The zero-order valence-electron chi connectivity index (χ0n) is 16.6. The van der Waals surface area contributed by atoms with Gasteiger partial charge in [0.2, 0.25) is 5.88 Å². The molecule has 0 N–H and O–H groups in total. The zero-order valence-corrected chi connectivity index (χ0v) is 16.6. The smallest absolute Gasteiger partial charge is 0.435 e. The average Bonchev–Trinajstić information content (AvgIpc) is 3.13. The van der Waals surface area contributed by atoms with Crippen molar-refractivity contribution in [1.82, 2.24) is 9.78 Å². The van der Waals surface area contributed by atoms with Gasteiger partial charge in [-0.3, -0.25) is 0 Å². The van der Waals surface area contributed by atoms with Gasteiger partial charge in [-0.1, -0.05) is 25.5 Å². The summed E-state index contributed by atoms with van der Waals surface area (Å²) in [6.45, 7) is 4.41. The van der Waals surface area contributed by atoms with Gasteiger partial charge < -0.3 is 9.47 Å². The summed E-state index contributed by atoms with van der Waals surface area (Å²) in [6, 6.07) is 13.7.